The molecule has 8 aromatic carbocycles. The summed E-state index contributed by atoms with van der Waals surface area (Å²) in [5, 5.41) is 8.59. The van der Waals surface area contributed by atoms with E-state index in [2.05, 4.69) is 78.0 Å². The molecule has 0 N–H and O–H groups in total. The summed E-state index contributed by atoms with van der Waals surface area (Å²) in [5.41, 5.74) is 2.75. The standard InChI is InChI=1S/C45H33IO2P2/c1-32-30-42(49(47,33-18-6-2-7-19-33)34-20-8-3-9-21-34)44(39-28-16-14-26-37(32)39)45-40-29-17-15-27-38(40)41(46)31-43(45)50(48,35-22-10-4-11-23-35)36-24-12-5-13-25-36/h2-31H,1H3. The summed E-state index contributed by atoms with van der Waals surface area (Å²) < 4.78 is 33.9. The van der Waals surface area contributed by atoms with Crippen LogP contribution in [0.4, 0.5) is 0 Å². The highest BCUT2D eigenvalue weighted by atomic mass is 127. The Bertz CT molecular complexity index is 2330. The number of hydrogen-bond donors (Lipinski definition) is 0. The largest absolute Gasteiger partial charge is 0.309 e. The molecule has 0 atom stereocenters. The Morgan fingerprint density at radius 3 is 1.08 bits per heavy atom. The van der Waals surface area contributed by atoms with E-state index in [0.29, 0.717) is 0 Å². The fourth-order valence-electron chi connectivity index (χ4n) is 7.28. The van der Waals surface area contributed by atoms with E-state index in [0.717, 1.165) is 73.6 Å². The molecule has 0 aliphatic heterocycles. The summed E-state index contributed by atoms with van der Waals surface area (Å²) in [6, 6.07) is 60.4. The normalized spacial score (nSPS) is 12.0. The average Bonchev–Trinajstić information content (AvgIpc) is 3.19. The maximum Gasteiger partial charge on any atom is 0.171 e. The molecule has 0 aliphatic carbocycles. The summed E-state index contributed by atoms with van der Waals surface area (Å²) in [7, 11) is -7.02. The summed E-state index contributed by atoms with van der Waals surface area (Å²) in [5.74, 6) is 0. The van der Waals surface area contributed by atoms with Crippen LogP contribution in [0.25, 0.3) is 32.7 Å². The second-order valence-electron chi connectivity index (χ2n) is 12.5. The first-order valence-electron chi connectivity index (χ1n) is 16.6. The molecule has 0 aliphatic rings. The highest BCUT2D eigenvalue weighted by Gasteiger charge is 2.38. The molecule has 0 bridgehead atoms. The van der Waals surface area contributed by atoms with Crippen LogP contribution in [0.15, 0.2) is 182 Å². The molecule has 0 amide bonds. The second kappa shape index (κ2) is 13.3. The Hall–Kier alpha value is -4.53. The molecule has 5 heteroatoms. The molecule has 0 saturated carbocycles. The lowest BCUT2D eigenvalue weighted by Crippen LogP contribution is -2.30. The minimum atomic E-state index is -3.51. The molecular formula is C45H33IO2P2. The first kappa shape index (κ1) is 32.7. The van der Waals surface area contributed by atoms with Crippen LogP contribution < -0.4 is 31.8 Å². The highest BCUT2D eigenvalue weighted by Crippen LogP contribution is 2.52. The van der Waals surface area contributed by atoms with Crippen molar-refractivity contribution in [2.45, 2.75) is 6.92 Å². The molecule has 8 aromatic rings. The van der Waals surface area contributed by atoms with E-state index in [9.17, 15) is 0 Å². The van der Waals surface area contributed by atoms with Gasteiger partial charge in [-0.1, -0.05) is 170 Å². The van der Waals surface area contributed by atoms with E-state index >= 15 is 9.13 Å². The van der Waals surface area contributed by atoms with Crippen LogP contribution in [0.5, 0.6) is 0 Å². The van der Waals surface area contributed by atoms with Crippen molar-refractivity contribution in [3.05, 3.63) is 191 Å². The molecule has 0 spiro atoms. The third-order valence-corrected chi connectivity index (χ3v) is 16.7. The predicted octanol–water partition coefficient (Wildman–Crippen LogP) is 9.85. The number of hydrogen-bond acceptors (Lipinski definition) is 2. The SMILES string of the molecule is Cc1cc(P(=O)(c2ccccc2)c2ccccc2)c(-c2c(P(=O)(c3ccccc3)c3ccccc3)cc(I)c3ccccc23)c2ccccc12. The second-order valence-corrected chi connectivity index (χ2v) is 19.1. The summed E-state index contributed by atoms with van der Waals surface area (Å²) in [4.78, 5) is 0. The van der Waals surface area contributed by atoms with Crippen molar-refractivity contribution in [3.8, 4) is 11.1 Å². The van der Waals surface area contributed by atoms with Crippen molar-refractivity contribution in [1.29, 1.82) is 0 Å². The zero-order valence-corrected chi connectivity index (χ0v) is 31.4. The lowest BCUT2D eigenvalue weighted by molar-refractivity contribution is 0.591. The zero-order valence-electron chi connectivity index (χ0n) is 27.4. The van der Waals surface area contributed by atoms with E-state index in [1.807, 2.05) is 133 Å². The summed E-state index contributed by atoms with van der Waals surface area (Å²) in [6.45, 7) is 2.10. The van der Waals surface area contributed by atoms with E-state index < -0.39 is 14.3 Å². The van der Waals surface area contributed by atoms with Gasteiger partial charge in [0.2, 0.25) is 0 Å². The van der Waals surface area contributed by atoms with Crippen LogP contribution in [-0.2, 0) is 9.13 Å². The van der Waals surface area contributed by atoms with E-state index in [4.69, 9.17) is 0 Å². The number of fused-ring (bicyclic) bond motifs is 2. The van der Waals surface area contributed by atoms with Crippen molar-refractivity contribution in [1.82, 2.24) is 0 Å². The van der Waals surface area contributed by atoms with Gasteiger partial charge in [-0.25, -0.2) is 0 Å². The van der Waals surface area contributed by atoms with Gasteiger partial charge in [0.05, 0.1) is 0 Å². The van der Waals surface area contributed by atoms with Crippen LogP contribution in [0, 0.1) is 10.5 Å². The molecule has 0 radical (unpaired) electrons. The Labute approximate surface area is 306 Å². The van der Waals surface area contributed by atoms with Crippen molar-refractivity contribution in [2.24, 2.45) is 0 Å². The fraction of sp³-hybridized carbons (Fsp3) is 0.0222. The molecule has 2 nitrogen and oxygen atoms in total. The van der Waals surface area contributed by atoms with Gasteiger partial charge in [0.15, 0.2) is 14.3 Å². The monoisotopic (exact) mass is 794 g/mol. The average molecular weight is 795 g/mol. The molecular weight excluding hydrogens is 761 g/mol. The fourth-order valence-corrected chi connectivity index (χ4v) is 14.2. The Morgan fingerprint density at radius 1 is 0.380 bits per heavy atom. The van der Waals surface area contributed by atoms with Gasteiger partial charge in [-0.3, -0.25) is 0 Å². The Morgan fingerprint density at radius 2 is 0.680 bits per heavy atom. The topological polar surface area (TPSA) is 34.1 Å². The number of benzene rings is 8. The Balaban J connectivity index is 1.63. The lowest BCUT2D eigenvalue weighted by Gasteiger charge is -2.29. The summed E-state index contributed by atoms with van der Waals surface area (Å²) >= 11 is 2.39. The van der Waals surface area contributed by atoms with Crippen LogP contribution in [0.2, 0.25) is 0 Å². The van der Waals surface area contributed by atoms with Gasteiger partial charge >= 0.3 is 0 Å². The zero-order chi connectivity index (χ0) is 34.3. The molecule has 0 saturated heterocycles. The quantitative estimate of drug-likeness (QED) is 0.119. The highest BCUT2D eigenvalue weighted by molar-refractivity contribution is 14.1. The molecule has 50 heavy (non-hydrogen) atoms. The van der Waals surface area contributed by atoms with Crippen LogP contribution in [-0.4, -0.2) is 0 Å². The Kier molecular flexibility index (Phi) is 8.69. The van der Waals surface area contributed by atoms with Gasteiger partial charge in [0.1, 0.15) is 0 Å². The van der Waals surface area contributed by atoms with Crippen LogP contribution in [0.3, 0.4) is 0 Å². The first-order valence-corrected chi connectivity index (χ1v) is 21.1. The van der Waals surface area contributed by atoms with Crippen LogP contribution >= 0.6 is 36.9 Å². The van der Waals surface area contributed by atoms with Gasteiger partial charge in [-0.15, -0.1) is 0 Å². The van der Waals surface area contributed by atoms with Crippen molar-refractivity contribution in [3.63, 3.8) is 0 Å². The number of halogens is 1. The van der Waals surface area contributed by atoms with E-state index in [1.54, 1.807) is 0 Å². The number of aryl methyl sites for hydroxylation is 1. The van der Waals surface area contributed by atoms with Gasteiger partial charge in [-0.05, 0) is 68.8 Å². The van der Waals surface area contributed by atoms with Crippen molar-refractivity contribution >= 4 is 90.2 Å². The third kappa shape index (κ3) is 5.31. The first-order chi connectivity index (χ1) is 24.4. The van der Waals surface area contributed by atoms with Crippen molar-refractivity contribution in [2.75, 3.05) is 0 Å². The van der Waals surface area contributed by atoms with Crippen LogP contribution in [0.1, 0.15) is 5.56 Å². The molecule has 0 fully saturated rings. The van der Waals surface area contributed by atoms with Gasteiger partial charge < -0.3 is 9.13 Å². The minimum absolute atomic E-state index is 0.737. The molecule has 0 aromatic heterocycles. The lowest BCUT2D eigenvalue weighted by atomic mass is 9.92. The van der Waals surface area contributed by atoms with Gasteiger partial charge in [0.25, 0.3) is 0 Å². The van der Waals surface area contributed by atoms with Crippen molar-refractivity contribution < 1.29 is 9.13 Å². The third-order valence-electron chi connectivity index (χ3n) is 9.61. The molecule has 242 valence electrons. The minimum Gasteiger partial charge on any atom is -0.309 e. The predicted molar refractivity (Wildman–Crippen MR) is 223 cm³/mol. The molecule has 0 heterocycles. The molecule has 8 rings (SSSR count). The molecule has 0 unspecified atom stereocenters. The maximum atomic E-state index is 16.4. The summed E-state index contributed by atoms with van der Waals surface area (Å²) in [6.07, 6.45) is 0. The maximum absolute atomic E-state index is 16.4. The van der Waals surface area contributed by atoms with E-state index in [1.165, 1.54) is 0 Å². The smallest absolute Gasteiger partial charge is 0.171 e. The number of rotatable bonds is 7. The van der Waals surface area contributed by atoms with Gasteiger partial charge in [0, 0.05) is 46.5 Å². The van der Waals surface area contributed by atoms with E-state index in [-0.39, 0.29) is 0 Å². The van der Waals surface area contributed by atoms with Gasteiger partial charge in [-0.2, -0.15) is 0 Å².